The molecule has 6 nitrogen and oxygen atoms in total. The van der Waals surface area contributed by atoms with Gasteiger partial charge in [0.25, 0.3) is 0 Å². The molecule has 1 amide bonds. The summed E-state index contributed by atoms with van der Waals surface area (Å²) in [4.78, 5) is 31.3. The summed E-state index contributed by atoms with van der Waals surface area (Å²) in [7, 11) is 0. The number of rotatable bonds is 15. The van der Waals surface area contributed by atoms with Crippen LogP contribution in [0.15, 0.2) is 66.7 Å². The molecule has 0 radical (unpaired) electrons. The fraction of sp³-hybridized carbons (Fsp3) is 0.400. The number of aryl methyl sites for hydroxylation is 1. The van der Waals surface area contributed by atoms with Crippen LogP contribution in [0.1, 0.15) is 93.9 Å². The van der Waals surface area contributed by atoms with Gasteiger partial charge in [0.05, 0.1) is 16.6 Å². The quantitative estimate of drug-likeness (QED) is 0.150. The Morgan fingerprint density at radius 3 is 2.27 bits per heavy atom. The zero-order valence-corrected chi connectivity index (χ0v) is 24.7. The first-order valence-electron chi connectivity index (χ1n) is 15.1. The molecule has 0 spiro atoms. The van der Waals surface area contributed by atoms with Crippen molar-refractivity contribution in [1.29, 1.82) is 0 Å². The van der Waals surface area contributed by atoms with Gasteiger partial charge in [0.15, 0.2) is 0 Å². The first kappa shape index (κ1) is 30.0. The molecule has 0 saturated carbocycles. The van der Waals surface area contributed by atoms with E-state index >= 15 is 0 Å². The SMILES string of the molecule is CCCCCCCCN(C(C)=O)c1ccc2nc(CCCC)n(Cc3ccc(-c4ccccc4C(=O)O)cc3)c2c1. The summed E-state index contributed by atoms with van der Waals surface area (Å²) in [6, 6.07) is 21.4. The minimum Gasteiger partial charge on any atom is -0.478 e. The predicted molar refractivity (Wildman–Crippen MR) is 168 cm³/mol. The molecule has 4 aromatic rings. The molecule has 1 heterocycles. The fourth-order valence-corrected chi connectivity index (χ4v) is 5.44. The van der Waals surface area contributed by atoms with Crippen LogP contribution in [0.25, 0.3) is 22.2 Å². The van der Waals surface area contributed by atoms with E-state index < -0.39 is 5.97 Å². The molecule has 4 rings (SSSR count). The summed E-state index contributed by atoms with van der Waals surface area (Å²) in [6.45, 7) is 7.43. The molecule has 1 N–H and O–H groups in total. The van der Waals surface area contributed by atoms with Gasteiger partial charge in [-0.2, -0.15) is 0 Å². The average Bonchev–Trinajstić information content (AvgIpc) is 3.32. The van der Waals surface area contributed by atoms with Crippen molar-refractivity contribution in [3.8, 4) is 11.1 Å². The van der Waals surface area contributed by atoms with Crippen LogP contribution in [-0.2, 0) is 17.8 Å². The maximum atomic E-state index is 12.7. The Bertz CT molecular complexity index is 1460. The molecule has 0 atom stereocenters. The maximum Gasteiger partial charge on any atom is 0.336 e. The molecular formula is C35H43N3O3. The number of nitrogens with zero attached hydrogens (tertiary/aromatic N) is 3. The molecule has 0 fully saturated rings. The molecule has 216 valence electrons. The lowest BCUT2D eigenvalue weighted by molar-refractivity contribution is -0.116. The highest BCUT2D eigenvalue weighted by atomic mass is 16.4. The van der Waals surface area contributed by atoms with Gasteiger partial charge in [-0.1, -0.05) is 94.8 Å². The number of benzene rings is 3. The molecular weight excluding hydrogens is 510 g/mol. The van der Waals surface area contributed by atoms with Crippen LogP contribution in [0.2, 0.25) is 0 Å². The number of hydrogen-bond acceptors (Lipinski definition) is 3. The zero-order chi connectivity index (χ0) is 29.2. The summed E-state index contributed by atoms with van der Waals surface area (Å²) >= 11 is 0. The fourth-order valence-electron chi connectivity index (χ4n) is 5.44. The lowest BCUT2D eigenvalue weighted by atomic mass is 9.99. The van der Waals surface area contributed by atoms with Crippen molar-refractivity contribution in [1.82, 2.24) is 9.55 Å². The van der Waals surface area contributed by atoms with Crippen molar-refractivity contribution in [2.45, 2.75) is 85.1 Å². The lowest BCUT2D eigenvalue weighted by Crippen LogP contribution is -2.29. The molecule has 0 unspecified atom stereocenters. The van der Waals surface area contributed by atoms with Crippen molar-refractivity contribution >= 4 is 28.6 Å². The number of carboxylic acids is 1. The number of carboxylic acid groups (broad SMARTS) is 1. The van der Waals surface area contributed by atoms with E-state index in [0.29, 0.717) is 17.7 Å². The number of imidazole rings is 1. The first-order chi connectivity index (χ1) is 19.9. The van der Waals surface area contributed by atoms with Crippen LogP contribution in [-0.4, -0.2) is 33.1 Å². The zero-order valence-electron chi connectivity index (χ0n) is 24.7. The van der Waals surface area contributed by atoms with E-state index in [1.807, 2.05) is 41.3 Å². The Balaban J connectivity index is 1.61. The molecule has 0 saturated heterocycles. The topological polar surface area (TPSA) is 75.4 Å². The van der Waals surface area contributed by atoms with Gasteiger partial charge < -0.3 is 14.6 Å². The van der Waals surface area contributed by atoms with Gasteiger partial charge in [-0.05, 0) is 53.8 Å². The van der Waals surface area contributed by atoms with E-state index in [0.717, 1.165) is 72.3 Å². The van der Waals surface area contributed by atoms with Crippen LogP contribution in [0, 0.1) is 0 Å². The molecule has 3 aromatic carbocycles. The largest absolute Gasteiger partial charge is 0.478 e. The Labute approximate surface area is 244 Å². The summed E-state index contributed by atoms with van der Waals surface area (Å²) < 4.78 is 2.28. The molecule has 0 aliphatic rings. The molecule has 6 heteroatoms. The van der Waals surface area contributed by atoms with Gasteiger partial charge in [-0.25, -0.2) is 9.78 Å². The van der Waals surface area contributed by atoms with Crippen molar-refractivity contribution in [2.75, 3.05) is 11.4 Å². The second-order valence-electron chi connectivity index (χ2n) is 10.9. The third kappa shape index (κ3) is 7.63. The number of amides is 1. The third-order valence-corrected chi connectivity index (χ3v) is 7.75. The van der Waals surface area contributed by atoms with Crippen molar-refractivity contribution in [2.24, 2.45) is 0 Å². The third-order valence-electron chi connectivity index (χ3n) is 7.75. The van der Waals surface area contributed by atoms with E-state index in [1.54, 1.807) is 19.1 Å². The van der Waals surface area contributed by atoms with Gasteiger partial charge in [0.2, 0.25) is 5.91 Å². The first-order valence-corrected chi connectivity index (χ1v) is 15.1. The average molecular weight is 554 g/mol. The minimum absolute atomic E-state index is 0.0624. The number of aromatic nitrogens is 2. The molecule has 0 bridgehead atoms. The van der Waals surface area contributed by atoms with Crippen LogP contribution in [0.3, 0.4) is 0 Å². The number of carbonyl (C=O) groups excluding carboxylic acids is 1. The summed E-state index contributed by atoms with van der Waals surface area (Å²) in [5.41, 5.74) is 5.89. The van der Waals surface area contributed by atoms with Crippen LogP contribution in [0.4, 0.5) is 5.69 Å². The number of carbonyl (C=O) groups is 2. The highest BCUT2D eigenvalue weighted by Crippen LogP contribution is 2.28. The smallest absolute Gasteiger partial charge is 0.336 e. The van der Waals surface area contributed by atoms with Crippen LogP contribution in [0.5, 0.6) is 0 Å². The van der Waals surface area contributed by atoms with Gasteiger partial charge in [0.1, 0.15) is 5.82 Å². The van der Waals surface area contributed by atoms with E-state index in [2.05, 4.69) is 36.6 Å². The van der Waals surface area contributed by atoms with Gasteiger partial charge in [-0.3, -0.25) is 4.79 Å². The van der Waals surface area contributed by atoms with E-state index in [-0.39, 0.29) is 5.91 Å². The summed E-state index contributed by atoms with van der Waals surface area (Å²) in [6.07, 6.45) is 10.1. The lowest BCUT2D eigenvalue weighted by Gasteiger charge is -2.21. The molecule has 0 aliphatic carbocycles. The van der Waals surface area contributed by atoms with Gasteiger partial charge in [-0.15, -0.1) is 0 Å². The van der Waals surface area contributed by atoms with Gasteiger partial charge >= 0.3 is 5.97 Å². The van der Waals surface area contributed by atoms with Gasteiger partial charge in [0, 0.05) is 32.1 Å². The Kier molecular flexibility index (Phi) is 10.7. The maximum absolute atomic E-state index is 12.7. The second kappa shape index (κ2) is 14.6. The monoisotopic (exact) mass is 553 g/mol. The molecule has 0 aliphatic heterocycles. The Morgan fingerprint density at radius 2 is 1.56 bits per heavy atom. The highest BCUT2D eigenvalue weighted by Gasteiger charge is 2.17. The number of aromatic carboxylic acids is 1. The predicted octanol–water partition coefficient (Wildman–Crippen LogP) is 8.51. The highest BCUT2D eigenvalue weighted by molar-refractivity contribution is 5.96. The number of unbranched alkanes of at least 4 members (excludes halogenated alkanes) is 6. The van der Waals surface area contributed by atoms with E-state index in [9.17, 15) is 14.7 Å². The second-order valence-corrected chi connectivity index (χ2v) is 10.9. The summed E-state index contributed by atoms with van der Waals surface area (Å²) in [5.74, 6) is 0.180. The molecule has 41 heavy (non-hydrogen) atoms. The summed E-state index contributed by atoms with van der Waals surface area (Å²) in [5, 5.41) is 9.61. The van der Waals surface area contributed by atoms with E-state index in [1.165, 1.54) is 25.7 Å². The van der Waals surface area contributed by atoms with Crippen LogP contribution < -0.4 is 4.90 Å². The van der Waals surface area contributed by atoms with E-state index in [4.69, 9.17) is 4.98 Å². The number of fused-ring (bicyclic) bond motifs is 1. The van der Waals surface area contributed by atoms with Crippen molar-refractivity contribution in [3.63, 3.8) is 0 Å². The number of hydrogen-bond donors (Lipinski definition) is 1. The Hall–Kier alpha value is -3.93. The van der Waals surface area contributed by atoms with Crippen molar-refractivity contribution < 1.29 is 14.7 Å². The number of anilines is 1. The minimum atomic E-state index is -0.929. The van der Waals surface area contributed by atoms with Crippen LogP contribution >= 0.6 is 0 Å². The van der Waals surface area contributed by atoms with Crippen molar-refractivity contribution in [3.05, 3.63) is 83.7 Å². The standard InChI is InChI=1S/C35H43N3O3/c1-4-6-8-9-10-13-23-37(26(3)39)29-21-22-32-33(24-29)38(34(36-32)16-7-5-2)25-27-17-19-28(20-18-27)30-14-11-12-15-31(30)35(40)41/h11-12,14-15,17-22,24H,4-10,13,16,23,25H2,1-3H3,(H,40,41). The normalized spacial score (nSPS) is 11.2. The Morgan fingerprint density at radius 1 is 0.854 bits per heavy atom. The molecule has 1 aromatic heterocycles.